The van der Waals surface area contributed by atoms with Crippen molar-refractivity contribution in [1.29, 1.82) is 0 Å². The molecule has 9 heteroatoms. The van der Waals surface area contributed by atoms with Gasteiger partial charge in [0.25, 0.3) is 5.91 Å². The van der Waals surface area contributed by atoms with Gasteiger partial charge in [0.05, 0.1) is 16.8 Å². The Labute approximate surface area is 158 Å². The van der Waals surface area contributed by atoms with Crippen LogP contribution in [0.1, 0.15) is 12.1 Å². The highest BCUT2D eigenvalue weighted by Gasteiger charge is 2.36. The first-order valence-corrected chi connectivity index (χ1v) is 8.40. The van der Waals surface area contributed by atoms with Crippen molar-refractivity contribution in [2.45, 2.75) is 18.6 Å². The molecule has 5 nitrogen and oxygen atoms in total. The largest absolute Gasteiger partial charge is 0.467 e. The van der Waals surface area contributed by atoms with E-state index in [-0.39, 0.29) is 22.6 Å². The van der Waals surface area contributed by atoms with E-state index in [1.54, 1.807) is 18.2 Å². The van der Waals surface area contributed by atoms with E-state index in [9.17, 15) is 18.0 Å². The SMILES string of the molecule is O=C(COc1cc(C(F)(F)F)nn1-c1ccccc1Cl)NC1C=CC=CC1. The highest BCUT2D eigenvalue weighted by atomic mass is 35.5. The summed E-state index contributed by atoms with van der Waals surface area (Å²) in [6.07, 6.45) is 3.35. The van der Waals surface area contributed by atoms with Crippen LogP contribution < -0.4 is 10.1 Å². The summed E-state index contributed by atoms with van der Waals surface area (Å²) >= 11 is 6.05. The first-order valence-electron chi connectivity index (χ1n) is 8.02. The molecule has 1 heterocycles. The third kappa shape index (κ3) is 4.71. The number of para-hydroxylation sites is 1. The number of aromatic nitrogens is 2. The minimum Gasteiger partial charge on any atom is -0.467 e. The topological polar surface area (TPSA) is 56.1 Å². The van der Waals surface area contributed by atoms with Crippen LogP contribution >= 0.6 is 11.6 Å². The number of nitrogens with one attached hydrogen (secondary N) is 1. The fourth-order valence-electron chi connectivity index (χ4n) is 2.48. The second-order valence-corrected chi connectivity index (χ2v) is 6.15. The van der Waals surface area contributed by atoms with Crippen molar-refractivity contribution in [3.63, 3.8) is 0 Å². The van der Waals surface area contributed by atoms with Crippen molar-refractivity contribution >= 4 is 17.5 Å². The summed E-state index contributed by atoms with van der Waals surface area (Å²) in [5, 5.41) is 6.45. The lowest BCUT2D eigenvalue weighted by molar-refractivity contribution is -0.141. The van der Waals surface area contributed by atoms with Gasteiger partial charge in [-0.3, -0.25) is 4.79 Å². The van der Waals surface area contributed by atoms with E-state index < -0.39 is 24.4 Å². The third-order valence-electron chi connectivity index (χ3n) is 3.73. The lowest BCUT2D eigenvalue weighted by Crippen LogP contribution is -2.37. The van der Waals surface area contributed by atoms with E-state index in [0.717, 1.165) is 10.7 Å². The molecular weight excluding hydrogens is 383 g/mol. The zero-order valence-corrected chi connectivity index (χ0v) is 14.7. The van der Waals surface area contributed by atoms with Crippen LogP contribution in [0.25, 0.3) is 5.69 Å². The predicted octanol–water partition coefficient (Wildman–Crippen LogP) is 3.92. The average Bonchev–Trinajstić information content (AvgIpc) is 3.06. The van der Waals surface area contributed by atoms with Crippen LogP contribution in [-0.2, 0) is 11.0 Å². The van der Waals surface area contributed by atoms with Crippen LogP contribution in [0.2, 0.25) is 5.02 Å². The van der Waals surface area contributed by atoms with Crippen molar-refractivity contribution in [1.82, 2.24) is 15.1 Å². The Morgan fingerprint density at radius 2 is 2.11 bits per heavy atom. The van der Waals surface area contributed by atoms with Gasteiger partial charge in [0.1, 0.15) is 0 Å². The summed E-state index contributed by atoms with van der Waals surface area (Å²) in [7, 11) is 0. The second-order valence-electron chi connectivity index (χ2n) is 5.74. The van der Waals surface area contributed by atoms with Crippen molar-refractivity contribution in [2.75, 3.05) is 6.61 Å². The Morgan fingerprint density at radius 1 is 1.33 bits per heavy atom. The first-order chi connectivity index (χ1) is 12.8. The minimum absolute atomic E-state index is 0.176. The predicted molar refractivity (Wildman–Crippen MR) is 93.9 cm³/mol. The molecule has 142 valence electrons. The zero-order chi connectivity index (χ0) is 19.4. The number of ether oxygens (including phenoxy) is 1. The molecule has 1 N–H and O–H groups in total. The molecule has 1 atom stereocenters. The zero-order valence-electron chi connectivity index (χ0n) is 13.9. The van der Waals surface area contributed by atoms with Crippen molar-refractivity contribution in [3.8, 4) is 11.6 Å². The van der Waals surface area contributed by atoms with Crippen LogP contribution in [0, 0.1) is 0 Å². The van der Waals surface area contributed by atoms with Crippen LogP contribution in [0.15, 0.2) is 54.6 Å². The summed E-state index contributed by atoms with van der Waals surface area (Å²) < 4.78 is 45.4. The summed E-state index contributed by atoms with van der Waals surface area (Å²) in [6.45, 7) is -0.457. The summed E-state index contributed by atoms with van der Waals surface area (Å²) in [6, 6.07) is 6.83. The van der Waals surface area contributed by atoms with E-state index in [0.29, 0.717) is 6.42 Å². The van der Waals surface area contributed by atoms with E-state index in [2.05, 4.69) is 10.4 Å². The van der Waals surface area contributed by atoms with Crippen molar-refractivity contribution in [2.24, 2.45) is 0 Å². The number of carbonyl (C=O) groups is 1. The smallest absolute Gasteiger partial charge is 0.435 e. The number of halogens is 4. The molecule has 1 aliphatic rings. The molecule has 1 aromatic carbocycles. The maximum atomic E-state index is 13.0. The van der Waals surface area contributed by atoms with E-state index >= 15 is 0 Å². The molecule has 27 heavy (non-hydrogen) atoms. The number of benzene rings is 1. The van der Waals surface area contributed by atoms with Gasteiger partial charge in [-0.2, -0.15) is 23.0 Å². The molecule has 1 aliphatic carbocycles. The van der Waals surface area contributed by atoms with Crippen LogP contribution in [0.5, 0.6) is 5.88 Å². The quantitative estimate of drug-likeness (QED) is 0.831. The minimum atomic E-state index is -4.66. The van der Waals surface area contributed by atoms with Gasteiger partial charge in [0, 0.05) is 6.07 Å². The Bertz CT molecular complexity index is 890. The Balaban J connectivity index is 1.78. The summed E-state index contributed by atoms with van der Waals surface area (Å²) in [4.78, 5) is 12.0. The van der Waals surface area contributed by atoms with Crippen LogP contribution in [0.3, 0.4) is 0 Å². The Kier molecular flexibility index (Phi) is 5.55. The van der Waals surface area contributed by atoms with Crippen LogP contribution in [-0.4, -0.2) is 28.3 Å². The highest BCUT2D eigenvalue weighted by molar-refractivity contribution is 6.32. The molecule has 0 fully saturated rings. The fourth-order valence-corrected chi connectivity index (χ4v) is 2.69. The molecule has 3 rings (SSSR count). The van der Waals surface area contributed by atoms with Gasteiger partial charge < -0.3 is 10.1 Å². The number of carbonyl (C=O) groups excluding carboxylic acids is 1. The van der Waals surface area contributed by atoms with Gasteiger partial charge in [-0.1, -0.05) is 48.0 Å². The third-order valence-corrected chi connectivity index (χ3v) is 4.05. The van der Waals surface area contributed by atoms with Gasteiger partial charge in [-0.15, -0.1) is 0 Å². The Morgan fingerprint density at radius 3 is 2.78 bits per heavy atom. The number of alkyl halides is 3. The standard InChI is InChI=1S/C18H15ClF3N3O2/c19-13-8-4-5-9-14(13)25-17(10-15(24-25)18(20,21)22)27-11-16(26)23-12-6-2-1-3-7-12/h1-6,8-10,12H,7,11H2,(H,23,26). The van der Waals surface area contributed by atoms with E-state index in [4.69, 9.17) is 16.3 Å². The van der Waals surface area contributed by atoms with Gasteiger partial charge in [-0.25, -0.2) is 0 Å². The number of hydrogen-bond acceptors (Lipinski definition) is 3. The Hall–Kier alpha value is -2.74. The van der Waals surface area contributed by atoms with E-state index in [1.165, 1.54) is 12.1 Å². The molecule has 2 aromatic rings. The fraction of sp³-hybridized carbons (Fsp3) is 0.222. The number of amides is 1. The molecule has 1 unspecified atom stereocenters. The van der Waals surface area contributed by atoms with Gasteiger partial charge in [0.2, 0.25) is 5.88 Å². The van der Waals surface area contributed by atoms with Crippen molar-refractivity contribution < 1.29 is 22.7 Å². The number of rotatable bonds is 5. The second kappa shape index (κ2) is 7.87. The van der Waals surface area contributed by atoms with Gasteiger partial charge in [0.15, 0.2) is 12.3 Å². The molecule has 1 aromatic heterocycles. The van der Waals surface area contributed by atoms with Gasteiger partial charge in [-0.05, 0) is 18.6 Å². The lowest BCUT2D eigenvalue weighted by Gasteiger charge is -2.15. The highest BCUT2D eigenvalue weighted by Crippen LogP contribution is 2.33. The summed E-state index contributed by atoms with van der Waals surface area (Å²) in [5.41, 5.74) is -0.927. The monoisotopic (exact) mass is 397 g/mol. The van der Waals surface area contributed by atoms with Gasteiger partial charge >= 0.3 is 6.18 Å². The molecular formula is C18H15ClF3N3O2. The average molecular weight is 398 g/mol. The van der Waals surface area contributed by atoms with Crippen LogP contribution in [0.4, 0.5) is 13.2 Å². The number of nitrogens with zero attached hydrogens (tertiary/aromatic N) is 2. The number of allylic oxidation sites excluding steroid dienone is 2. The molecule has 0 bridgehead atoms. The maximum absolute atomic E-state index is 13.0. The van der Waals surface area contributed by atoms with E-state index in [1.807, 2.05) is 18.2 Å². The summed E-state index contributed by atoms with van der Waals surface area (Å²) in [5.74, 6) is -0.690. The molecule has 0 radical (unpaired) electrons. The molecule has 0 saturated carbocycles. The lowest BCUT2D eigenvalue weighted by atomic mass is 10.1. The van der Waals surface area contributed by atoms with Crippen molar-refractivity contribution in [3.05, 3.63) is 65.4 Å². The normalized spacial score (nSPS) is 16.4. The number of hydrogen-bond donors (Lipinski definition) is 1. The molecule has 0 spiro atoms. The first kappa shape index (κ1) is 19.0. The maximum Gasteiger partial charge on any atom is 0.435 e. The molecule has 0 saturated heterocycles. The molecule has 1 amide bonds. The molecule has 0 aliphatic heterocycles.